The largest absolute Gasteiger partial charge is 0.497 e. The zero-order valence-corrected chi connectivity index (χ0v) is 13.5. The van der Waals surface area contributed by atoms with Gasteiger partial charge in [-0.15, -0.1) is 0 Å². The van der Waals surface area contributed by atoms with Crippen LogP contribution in [0, 0.1) is 10.1 Å². The highest BCUT2D eigenvalue weighted by Crippen LogP contribution is 2.26. The Kier molecular flexibility index (Phi) is 4.29. The second-order valence-electron chi connectivity index (χ2n) is 5.51. The van der Waals surface area contributed by atoms with E-state index < -0.39 is 4.92 Å². The van der Waals surface area contributed by atoms with Crippen LogP contribution in [0.1, 0.15) is 5.56 Å². The number of nitro groups is 1. The normalized spacial score (nSPS) is 10.6. The summed E-state index contributed by atoms with van der Waals surface area (Å²) in [6.07, 6.45) is 1.56. The monoisotopic (exact) mass is 323 g/mol. The maximum absolute atomic E-state index is 11.1. The Balaban J connectivity index is 1.88. The van der Waals surface area contributed by atoms with Gasteiger partial charge in [0.2, 0.25) is 5.82 Å². The van der Waals surface area contributed by atoms with Gasteiger partial charge in [-0.2, -0.15) is 0 Å². The lowest BCUT2D eigenvalue weighted by Gasteiger charge is -2.18. The van der Waals surface area contributed by atoms with Crippen molar-refractivity contribution in [2.24, 2.45) is 0 Å². The van der Waals surface area contributed by atoms with Crippen LogP contribution in [0.2, 0.25) is 0 Å². The first-order valence-corrected chi connectivity index (χ1v) is 7.45. The van der Waals surface area contributed by atoms with E-state index in [2.05, 4.69) is 11.1 Å². The van der Waals surface area contributed by atoms with Gasteiger partial charge >= 0.3 is 5.69 Å². The lowest BCUT2D eigenvalue weighted by atomic mass is 10.1. The third-order valence-corrected chi connectivity index (χ3v) is 3.86. The topological polar surface area (TPSA) is 68.5 Å². The number of aromatic nitrogens is 1. The fourth-order valence-corrected chi connectivity index (χ4v) is 2.67. The van der Waals surface area contributed by atoms with E-state index in [9.17, 15) is 10.1 Å². The minimum absolute atomic E-state index is 0.00512. The molecule has 3 rings (SSSR count). The van der Waals surface area contributed by atoms with E-state index in [1.54, 1.807) is 31.3 Å². The van der Waals surface area contributed by atoms with Crippen LogP contribution in [0.25, 0.3) is 10.8 Å². The molecule has 0 bridgehead atoms. The van der Waals surface area contributed by atoms with Crippen molar-refractivity contribution in [3.8, 4) is 5.75 Å². The quantitative estimate of drug-likeness (QED) is 0.528. The summed E-state index contributed by atoms with van der Waals surface area (Å²) in [6.45, 7) is 0.528. The van der Waals surface area contributed by atoms with Gasteiger partial charge in [-0.3, -0.25) is 10.1 Å². The van der Waals surface area contributed by atoms with Crippen molar-refractivity contribution >= 4 is 22.3 Å². The molecule has 122 valence electrons. The summed E-state index contributed by atoms with van der Waals surface area (Å²) in [5.41, 5.74) is 1.06. The molecule has 0 unspecified atom stereocenters. The summed E-state index contributed by atoms with van der Waals surface area (Å²) < 4.78 is 5.23. The second kappa shape index (κ2) is 6.54. The minimum Gasteiger partial charge on any atom is -0.497 e. The number of ether oxygens (including phenoxy) is 1. The summed E-state index contributed by atoms with van der Waals surface area (Å²) in [6, 6.07) is 15.0. The molecule has 24 heavy (non-hydrogen) atoms. The molecule has 0 aliphatic rings. The highest BCUT2D eigenvalue weighted by molar-refractivity contribution is 5.84. The molecule has 0 atom stereocenters. The highest BCUT2D eigenvalue weighted by Gasteiger charge is 2.18. The predicted molar refractivity (Wildman–Crippen MR) is 93.5 cm³/mol. The van der Waals surface area contributed by atoms with Crippen LogP contribution in [-0.2, 0) is 6.54 Å². The second-order valence-corrected chi connectivity index (χ2v) is 5.51. The van der Waals surface area contributed by atoms with Gasteiger partial charge in [-0.1, -0.05) is 18.2 Å². The number of hydrogen-bond acceptors (Lipinski definition) is 5. The lowest BCUT2D eigenvalue weighted by molar-refractivity contribution is -0.384. The number of pyridine rings is 1. The molecule has 3 aromatic rings. The minimum atomic E-state index is -0.411. The van der Waals surface area contributed by atoms with Crippen LogP contribution < -0.4 is 9.64 Å². The molecule has 1 aromatic heterocycles. The Morgan fingerprint density at radius 3 is 2.67 bits per heavy atom. The van der Waals surface area contributed by atoms with Gasteiger partial charge in [0.05, 0.1) is 12.0 Å². The molecule has 0 saturated carbocycles. The summed E-state index contributed by atoms with van der Waals surface area (Å²) in [5, 5.41) is 13.3. The number of nitrogens with zero attached hydrogens (tertiary/aromatic N) is 3. The van der Waals surface area contributed by atoms with E-state index in [0.717, 1.165) is 22.1 Å². The standard InChI is InChI=1S/C18H17N3O3/c1-20(18-17(21(22)23)4-3-9-19-18)12-13-5-6-15-11-16(24-2)8-7-14(15)10-13/h3-11H,12H2,1-2H3. The van der Waals surface area contributed by atoms with E-state index in [1.165, 1.54) is 6.07 Å². The fraction of sp³-hybridized carbons (Fsp3) is 0.167. The Labute approximate surface area is 139 Å². The number of anilines is 1. The molecule has 0 saturated heterocycles. The molecule has 0 N–H and O–H groups in total. The smallest absolute Gasteiger partial charge is 0.311 e. The molecular formula is C18H17N3O3. The SMILES string of the molecule is COc1ccc2cc(CN(C)c3ncccc3[N+](=O)[O-])ccc2c1. The van der Waals surface area contributed by atoms with Crippen molar-refractivity contribution < 1.29 is 9.66 Å². The molecule has 0 spiro atoms. The third kappa shape index (κ3) is 3.12. The summed E-state index contributed by atoms with van der Waals surface area (Å²) >= 11 is 0. The zero-order chi connectivity index (χ0) is 17.1. The van der Waals surface area contributed by atoms with Crippen molar-refractivity contribution in [1.82, 2.24) is 4.98 Å². The Bertz CT molecular complexity index is 896. The number of rotatable bonds is 5. The number of methoxy groups -OCH3 is 1. The van der Waals surface area contributed by atoms with Crippen LogP contribution in [0.4, 0.5) is 11.5 Å². The lowest BCUT2D eigenvalue weighted by Crippen LogP contribution is -2.18. The molecule has 0 fully saturated rings. The van der Waals surface area contributed by atoms with Crippen LogP contribution in [0.5, 0.6) is 5.75 Å². The number of benzene rings is 2. The predicted octanol–water partition coefficient (Wildman–Crippen LogP) is 3.79. The van der Waals surface area contributed by atoms with Gasteiger partial charge < -0.3 is 9.64 Å². The summed E-state index contributed by atoms with van der Waals surface area (Å²) in [7, 11) is 3.44. The van der Waals surface area contributed by atoms with Crippen molar-refractivity contribution in [1.29, 1.82) is 0 Å². The summed E-state index contributed by atoms with van der Waals surface area (Å²) in [4.78, 5) is 16.7. The Morgan fingerprint density at radius 1 is 1.17 bits per heavy atom. The molecule has 0 amide bonds. The van der Waals surface area contributed by atoms with E-state index >= 15 is 0 Å². The number of hydrogen-bond donors (Lipinski definition) is 0. The van der Waals surface area contributed by atoms with Crippen LogP contribution in [0.3, 0.4) is 0 Å². The molecule has 1 heterocycles. The first-order chi connectivity index (χ1) is 11.6. The van der Waals surface area contributed by atoms with Gasteiger partial charge in [0.25, 0.3) is 0 Å². The zero-order valence-electron chi connectivity index (χ0n) is 13.5. The average Bonchev–Trinajstić information content (AvgIpc) is 2.61. The first-order valence-electron chi connectivity index (χ1n) is 7.45. The average molecular weight is 323 g/mol. The van der Waals surface area contributed by atoms with Crippen molar-refractivity contribution in [2.45, 2.75) is 6.54 Å². The van der Waals surface area contributed by atoms with Crippen molar-refractivity contribution in [3.63, 3.8) is 0 Å². The molecular weight excluding hydrogens is 306 g/mol. The van der Waals surface area contributed by atoms with Gasteiger partial charge in [0.15, 0.2) is 0 Å². The molecule has 2 aromatic carbocycles. The Hall–Kier alpha value is -3.15. The highest BCUT2D eigenvalue weighted by atomic mass is 16.6. The van der Waals surface area contributed by atoms with E-state index in [4.69, 9.17) is 4.74 Å². The van der Waals surface area contributed by atoms with Gasteiger partial charge in [0.1, 0.15) is 5.75 Å². The van der Waals surface area contributed by atoms with Gasteiger partial charge in [0, 0.05) is 25.9 Å². The Morgan fingerprint density at radius 2 is 1.92 bits per heavy atom. The summed E-state index contributed by atoms with van der Waals surface area (Å²) in [5.74, 6) is 1.17. The molecule has 6 nitrogen and oxygen atoms in total. The molecule has 6 heteroatoms. The van der Waals surface area contributed by atoms with Crippen molar-refractivity contribution in [3.05, 3.63) is 70.4 Å². The first kappa shape index (κ1) is 15.7. The van der Waals surface area contributed by atoms with Crippen LogP contribution in [0.15, 0.2) is 54.7 Å². The van der Waals surface area contributed by atoms with E-state index in [0.29, 0.717) is 12.4 Å². The van der Waals surface area contributed by atoms with Gasteiger partial charge in [-0.05, 0) is 40.6 Å². The maximum atomic E-state index is 11.1. The maximum Gasteiger partial charge on any atom is 0.311 e. The van der Waals surface area contributed by atoms with Crippen LogP contribution >= 0.6 is 0 Å². The fourth-order valence-electron chi connectivity index (χ4n) is 2.67. The van der Waals surface area contributed by atoms with E-state index in [-0.39, 0.29) is 5.69 Å². The van der Waals surface area contributed by atoms with Crippen LogP contribution in [-0.4, -0.2) is 24.1 Å². The van der Waals surface area contributed by atoms with E-state index in [1.807, 2.05) is 30.3 Å². The van der Waals surface area contributed by atoms with Crippen molar-refractivity contribution in [2.75, 3.05) is 19.1 Å². The third-order valence-electron chi connectivity index (χ3n) is 3.86. The molecule has 0 aliphatic carbocycles. The molecule has 0 radical (unpaired) electrons. The molecule has 0 aliphatic heterocycles. The number of fused-ring (bicyclic) bond motifs is 1. The van der Waals surface area contributed by atoms with Gasteiger partial charge in [-0.25, -0.2) is 4.98 Å².